The molecule has 1 aromatic rings. The van der Waals surface area contributed by atoms with Crippen molar-refractivity contribution in [1.29, 1.82) is 0 Å². The maximum Gasteiger partial charge on any atom is 0.356 e. The van der Waals surface area contributed by atoms with Crippen LogP contribution in [0, 0.1) is 10.1 Å². The summed E-state index contributed by atoms with van der Waals surface area (Å²) in [6.45, 7) is 2.85. The van der Waals surface area contributed by atoms with Gasteiger partial charge in [0.15, 0.2) is 5.69 Å². The van der Waals surface area contributed by atoms with E-state index in [1.54, 1.807) is 0 Å². The highest BCUT2D eigenvalue weighted by Crippen LogP contribution is 2.26. The fraction of sp³-hybridized carbons (Fsp3) is 0.500. The molecule has 0 radical (unpaired) electrons. The third-order valence-corrected chi connectivity index (χ3v) is 3.09. The number of carbonyl (C=O) groups excluding carboxylic acids is 1. The van der Waals surface area contributed by atoms with Gasteiger partial charge in [0.1, 0.15) is 0 Å². The van der Waals surface area contributed by atoms with Crippen LogP contribution in [0.25, 0.3) is 0 Å². The van der Waals surface area contributed by atoms with Gasteiger partial charge in [-0.05, 0) is 19.0 Å². The van der Waals surface area contributed by atoms with Gasteiger partial charge in [-0.3, -0.25) is 10.1 Å². The predicted octanol–water partition coefficient (Wildman–Crippen LogP) is 0.576. The number of nitrogens with one attached hydrogen (secondary N) is 1. The minimum atomic E-state index is -0.603. The Hall–Kier alpha value is -2.22. The first-order valence-corrected chi connectivity index (χ1v) is 6.33. The minimum Gasteiger partial charge on any atom is -0.464 e. The molecule has 0 aromatic carbocycles. The van der Waals surface area contributed by atoms with Crippen LogP contribution in [0.1, 0.15) is 16.9 Å². The van der Waals surface area contributed by atoms with Gasteiger partial charge < -0.3 is 15.0 Å². The fourth-order valence-corrected chi connectivity index (χ4v) is 2.09. The van der Waals surface area contributed by atoms with Crippen molar-refractivity contribution in [3.63, 3.8) is 0 Å². The maximum atomic E-state index is 11.5. The zero-order valence-corrected chi connectivity index (χ0v) is 11.2. The summed E-state index contributed by atoms with van der Waals surface area (Å²) in [7, 11) is 1.25. The average molecular weight is 280 g/mol. The number of nitrogens with zero attached hydrogens (tertiary/aromatic N) is 3. The number of carbonyl (C=O) groups is 1. The molecular weight excluding hydrogens is 264 g/mol. The van der Waals surface area contributed by atoms with Gasteiger partial charge in [0.2, 0.25) is 5.82 Å². The van der Waals surface area contributed by atoms with Crippen molar-refractivity contribution in [2.24, 2.45) is 0 Å². The summed E-state index contributed by atoms with van der Waals surface area (Å²) >= 11 is 0. The summed E-state index contributed by atoms with van der Waals surface area (Å²) in [5.41, 5.74) is -0.0233. The van der Waals surface area contributed by atoms with Gasteiger partial charge in [-0.15, -0.1) is 0 Å². The van der Waals surface area contributed by atoms with Gasteiger partial charge in [0.05, 0.1) is 12.0 Å². The number of aromatic nitrogens is 1. The van der Waals surface area contributed by atoms with Crippen molar-refractivity contribution < 1.29 is 14.5 Å². The molecule has 0 bridgehead atoms. The Morgan fingerprint density at radius 3 is 2.95 bits per heavy atom. The number of esters is 1. The molecule has 2 heterocycles. The SMILES string of the molecule is COC(=O)c1ccc([N+](=O)[O-])c(N2CCCNCC2)n1. The zero-order chi connectivity index (χ0) is 14.5. The van der Waals surface area contributed by atoms with E-state index < -0.39 is 10.9 Å². The Labute approximate surface area is 115 Å². The molecule has 0 atom stereocenters. The highest BCUT2D eigenvalue weighted by Gasteiger charge is 2.24. The van der Waals surface area contributed by atoms with E-state index in [4.69, 9.17) is 0 Å². The number of rotatable bonds is 3. The Bertz CT molecular complexity index is 512. The summed E-state index contributed by atoms with van der Waals surface area (Å²) in [5.74, 6) is -0.379. The molecule has 0 saturated carbocycles. The second kappa shape index (κ2) is 6.29. The lowest BCUT2D eigenvalue weighted by atomic mass is 10.3. The highest BCUT2D eigenvalue weighted by molar-refractivity contribution is 5.88. The molecule has 2 rings (SSSR count). The molecule has 0 spiro atoms. The van der Waals surface area contributed by atoms with Crippen molar-refractivity contribution in [2.75, 3.05) is 38.2 Å². The van der Waals surface area contributed by atoms with Crippen LogP contribution < -0.4 is 10.2 Å². The largest absolute Gasteiger partial charge is 0.464 e. The van der Waals surface area contributed by atoms with E-state index in [0.29, 0.717) is 13.1 Å². The van der Waals surface area contributed by atoms with Gasteiger partial charge in [-0.2, -0.15) is 0 Å². The number of anilines is 1. The molecular formula is C12H16N4O4. The fourth-order valence-electron chi connectivity index (χ4n) is 2.09. The Morgan fingerprint density at radius 1 is 1.45 bits per heavy atom. The standard InChI is InChI=1S/C12H16N4O4/c1-20-12(17)9-3-4-10(16(18)19)11(14-9)15-7-2-5-13-6-8-15/h3-4,13H,2,5-8H2,1H3. The summed E-state index contributed by atoms with van der Waals surface area (Å²) in [5, 5.41) is 14.3. The van der Waals surface area contributed by atoms with Crippen LogP contribution in [0.2, 0.25) is 0 Å². The normalized spacial score (nSPS) is 15.6. The van der Waals surface area contributed by atoms with E-state index in [-0.39, 0.29) is 17.2 Å². The van der Waals surface area contributed by atoms with Crippen LogP contribution in [-0.4, -0.2) is 49.2 Å². The topological polar surface area (TPSA) is 97.6 Å². The lowest BCUT2D eigenvalue weighted by Gasteiger charge is -2.20. The third kappa shape index (κ3) is 3.02. The first kappa shape index (κ1) is 14.2. The number of hydrogen-bond donors (Lipinski definition) is 1. The molecule has 1 aliphatic rings. The number of ether oxygens (including phenoxy) is 1. The minimum absolute atomic E-state index is 0.0744. The van der Waals surface area contributed by atoms with Crippen LogP contribution in [0.3, 0.4) is 0 Å². The van der Waals surface area contributed by atoms with Gasteiger partial charge in [-0.25, -0.2) is 9.78 Å². The Balaban J connectivity index is 2.40. The van der Waals surface area contributed by atoms with Gasteiger partial charge in [-0.1, -0.05) is 0 Å². The highest BCUT2D eigenvalue weighted by atomic mass is 16.6. The molecule has 0 unspecified atom stereocenters. The second-order valence-electron chi connectivity index (χ2n) is 4.38. The van der Waals surface area contributed by atoms with Crippen LogP contribution in [-0.2, 0) is 4.74 Å². The molecule has 1 saturated heterocycles. The first-order chi connectivity index (χ1) is 9.63. The first-order valence-electron chi connectivity index (χ1n) is 6.33. The maximum absolute atomic E-state index is 11.5. The molecule has 20 heavy (non-hydrogen) atoms. The smallest absolute Gasteiger partial charge is 0.356 e. The van der Waals surface area contributed by atoms with Crippen molar-refractivity contribution in [2.45, 2.75) is 6.42 Å². The van der Waals surface area contributed by atoms with Crippen molar-refractivity contribution in [3.8, 4) is 0 Å². The molecule has 108 valence electrons. The lowest BCUT2D eigenvalue weighted by molar-refractivity contribution is -0.384. The van der Waals surface area contributed by atoms with E-state index in [1.807, 2.05) is 4.90 Å². The predicted molar refractivity (Wildman–Crippen MR) is 71.9 cm³/mol. The molecule has 1 N–H and O–H groups in total. The Morgan fingerprint density at radius 2 is 2.25 bits per heavy atom. The third-order valence-electron chi connectivity index (χ3n) is 3.09. The lowest BCUT2D eigenvalue weighted by Crippen LogP contribution is -2.29. The quantitative estimate of drug-likeness (QED) is 0.491. The molecule has 1 aliphatic heterocycles. The summed E-state index contributed by atoms with van der Waals surface area (Å²) < 4.78 is 4.60. The molecule has 1 aromatic heterocycles. The monoisotopic (exact) mass is 280 g/mol. The second-order valence-corrected chi connectivity index (χ2v) is 4.38. The van der Waals surface area contributed by atoms with E-state index in [1.165, 1.54) is 19.2 Å². The van der Waals surface area contributed by atoms with E-state index in [0.717, 1.165) is 19.5 Å². The molecule has 0 amide bonds. The van der Waals surface area contributed by atoms with Crippen LogP contribution in [0.4, 0.5) is 11.5 Å². The number of hydrogen-bond acceptors (Lipinski definition) is 7. The van der Waals surface area contributed by atoms with E-state index >= 15 is 0 Å². The van der Waals surface area contributed by atoms with Crippen LogP contribution in [0.5, 0.6) is 0 Å². The van der Waals surface area contributed by atoms with Crippen molar-refractivity contribution in [3.05, 3.63) is 27.9 Å². The molecule has 8 heteroatoms. The number of nitro groups is 1. The number of pyridine rings is 1. The molecule has 0 aliphatic carbocycles. The zero-order valence-electron chi connectivity index (χ0n) is 11.2. The van der Waals surface area contributed by atoms with Gasteiger partial charge in [0.25, 0.3) is 0 Å². The molecule has 1 fully saturated rings. The molecule has 8 nitrogen and oxygen atoms in total. The van der Waals surface area contributed by atoms with E-state index in [2.05, 4.69) is 15.0 Å². The van der Waals surface area contributed by atoms with Crippen LogP contribution >= 0.6 is 0 Å². The Kier molecular flexibility index (Phi) is 4.46. The summed E-state index contributed by atoms with van der Waals surface area (Å²) in [6.07, 6.45) is 0.862. The van der Waals surface area contributed by atoms with Crippen molar-refractivity contribution in [1.82, 2.24) is 10.3 Å². The number of methoxy groups -OCH3 is 1. The summed E-state index contributed by atoms with van der Waals surface area (Å²) in [4.78, 5) is 28.1. The average Bonchev–Trinajstić information content (AvgIpc) is 2.74. The van der Waals surface area contributed by atoms with Crippen LogP contribution in [0.15, 0.2) is 12.1 Å². The van der Waals surface area contributed by atoms with E-state index in [9.17, 15) is 14.9 Å². The van der Waals surface area contributed by atoms with Crippen molar-refractivity contribution >= 4 is 17.5 Å². The van der Waals surface area contributed by atoms with Gasteiger partial charge in [0, 0.05) is 25.7 Å². The van der Waals surface area contributed by atoms with Gasteiger partial charge >= 0.3 is 11.7 Å². The summed E-state index contributed by atoms with van der Waals surface area (Å²) in [6, 6.07) is 2.61.